The van der Waals surface area contributed by atoms with Crippen LogP contribution >= 0.6 is 0 Å². The van der Waals surface area contributed by atoms with Gasteiger partial charge < -0.3 is 5.11 Å². The average Bonchev–Trinajstić information content (AvgIpc) is 2.18. The summed E-state index contributed by atoms with van der Waals surface area (Å²) < 4.78 is 0. The maximum Gasteiger partial charge on any atom is 0.310 e. The highest BCUT2D eigenvalue weighted by atomic mass is 16.4. The van der Waals surface area contributed by atoms with E-state index in [1.54, 1.807) is 0 Å². The normalized spacial score (nSPS) is 15.4. The third-order valence-electron chi connectivity index (χ3n) is 4.63. The first-order chi connectivity index (χ1) is 8.40. The minimum absolute atomic E-state index is 0.252. The first-order valence-corrected chi connectivity index (χ1v) is 7.63. The molecule has 0 spiro atoms. The van der Waals surface area contributed by atoms with Crippen LogP contribution in [0.25, 0.3) is 0 Å². The van der Waals surface area contributed by atoms with Gasteiger partial charge in [0.15, 0.2) is 0 Å². The maximum absolute atomic E-state index is 12.1. The molecule has 114 valence electrons. The molecule has 0 aliphatic carbocycles. The van der Waals surface area contributed by atoms with Crippen LogP contribution in [0.5, 0.6) is 0 Å². The third kappa shape index (κ3) is 3.97. The molecule has 0 aromatic carbocycles. The van der Waals surface area contributed by atoms with E-state index in [1.165, 1.54) is 12.8 Å². The summed E-state index contributed by atoms with van der Waals surface area (Å²) in [4.78, 5) is 12.1. The van der Waals surface area contributed by atoms with Crippen LogP contribution < -0.4 is 0 Å². The minimum atomic E-state index is -0.687. The molecule has 0 heterocycles. The molecule has 0 saturated heterocycles. The second-order valence-corrected chi connectivity index (χ2v) is 8.16. The fourth-order valence-corrected chi connectivity index (χ4v) is 3.64. The lowest BCUT2D eigenvalue weighted by Gasteiger charge is -2.51. The number of carboxylic acid groups (broad SMARTS) is 1. The summed E-state index contributed by atoms with van der Waals surface area (Å²) in [5.41, 5.74) is -1.19. The number of carbonyl (C=O) groups is 1. The monoisotopic (exact) mass is 270 g/mol. The molecule has 0 aliphatic heterocycles. The van der Waals surface area contributed by atoms with Gasteiger partial charge in [0.2, 0.25) is 0 Å². The molecular formula is C17H34O2. The molecular weight excluding hydrogens is 236 g/mol. The van der Waals surface area contributed by atoms with Gasteiger partial charge in [0.05, 0.1) is 5.41 Å². The van der Waals surface area contributed by atoms with Crippen molar-refractivity contribution in [2.75, 3.05) is 0 Å². The molecule has 0 rings (SSSR count). The van der Waals surface area contributed by atoms with Gasteiger partial charge >= 0.3 is 5.97 Å². The van der Waals surface area contributed by atoms with E-state index >= 15 is 0 Å². The van der Waals surface area contributed by atoms with E-state index in [0.717, 1.165) is 12.8 Å². The number of hydrogen-bond donors (Lipinski definition) is 1. The van der Waals surface area contributed by atoms with E-state index in [1.807, 2.05) is 0 Å². The predicted octanol–water partition coefficient (Wildman–Crippen LogP) is 5.37. The Bertz CT molecular complexity index is 277. The highest BCUT2D eigenvalue weighted by Gasteiger charge is 2.56. The van der Waals surface area contributed by atoms with Crippen molar-refractivity contribution in [3.05, 3.63) is 0 Å². The fraction of sp³-hybridized carbons (Fsp3) is 0.941. The van der Waals surface area contributed by atoms with E-state index in [-0.39, 0.29) is 10.8 Å². The van der Waals surface area contributed by atoms with Crippen molar-refractivity contribution in [2.45, 2.75) is 81.1 Å². The topological polar surface area (TPSA) is 37.3 Å². The van der Waals surface area contributed by atoms with Crippen molar-refractivity contribution < 1.29 is 9.90 Å². The number of rotatable bonds is 6. The molecule has 1 N–H and O–H groups in total. The second-order valence-electron chi connectivity index (χ2n) is 8.16. The number of aliphatic carboxylic acids is 1. The molecule has 1 atom stereocenters. The van der Waals surface area contributed by atoms with Crippen LogP contribution in [-0.2, 0) is 4.79 Å². The molecule has 0 aromatic rings. The standard InChI is InChI=1S/C17H34O2/c1-9-10-11-13(2)12-17(14(18)19,15(3,4)5)16(6,7)8/h13H,9-12H2,1-8H3,(H,18,19). The molecule has 2 nitrogen and oxygen atoms in total. The van der Waals surface area contributed by atoms with Crippen LogP contribution in [0.1, 0.15) is 81.1 Å². The Labute approximate surface area is 120 Å². The summed E-state index contributed by atoms with van der Waals surface area (Å²) >= 11 is 0. The van der Waals surface area contributed by atoms with Crippen molar-refractivity contribution in [3.8, 4) is 0 Å². The van der Waals surface area contributed by atoms with Gasteiger partial charge in [0.1, 0.15) is 0 Å². The van der Waals surface area contributed by atoms with Gasteiger partial charge in [-0.25, -0.2) is 0 Å². The second kappa shape index (κ2) is 6.28. The zero-order chi connectivity index (χ0) is 15.5. The summed E-state index contributed by atoms with van der Waals surface area (Å²) in [5.74, 6) is -0.189. The molecule has 19 heavy (non-hydrogen) atoms. The molecule has 0 amide bonds. The highest BCUT2D eigenvalue weighted by Crippen LogP contribution is 2.55. The molecule has 0 aliphatic rings. The fourth-order valence-electron chi connectivity index (χ4n) is 3.64. The van der Waals surface area contributed by atoms with Gasteiger partial charge in [-0.2, -0.15) is 0 Å². The molecule has 0 radical (unpaired) electrons. The largest absolute Gasteiger partial charge is 0.481 e. The van der Waals surface area contributed by atoms with E-state index in [2.05, 4.69) is 55.4 Å². The van der Waals surface area contributed by atoms with Gasteiger partial charge in [-0.05, 0) is 23.2 Å². The summed E-state index contributed by atoms with van der Waals surface area (Å²) in [6.07, 6.45) is 4.24. The molecule has 0 aromatic heterocycles. The van der Waals surface area contributed by atoms with Crippen LogP contribution in [0.3, 0.4) is 0 Å². The van der Waals surface area contributed by atoms with Crippen molar-refractivity contribution >= 4 is 5.97 Å². The predicted molar refractivity (Wildman–Crippen MR) is 82.3 cm³/mol. The van der Waals surface area contributed by atoms with Gasteiger partial charge in [-0.15, -0.1) is 0 Å². The Kier molecular flexibility index (Phi) is 6.10. The van der Waals surface area contributed by atoms with Crippen LogP contribution in [0, 0.1) is 22.2 Å². The lowest BCUT2D eigenvalue weighted by molar-refractivity contribution is -0.171. The van der Waals surface area contributed by atoms with E-state index < -0.39 is 11.4 Å². The molecule has 0 bridgehead atoms. The van der Waals surface area contributed by atoms with E-state index in [9.17, 15) is 9.90 Å². The average molecular weight is 270 g/mol. The maximum atomic E-state index is 12.1. The van der Waals surface area contributed by atoms with Gasteiger partial charge in [-0.3, -0.25) is 4.79 Å². The first-order valence-electron chi connectivity index (χ1n) is 7.63. The molecule has 0 fully saturated rings. The zero-order valence-electron chi connectivity index (χ0n) is 14.3. The Morgan fingerprint density at radius 1 is 1.05 bits per heavy atom. The van der Waals surface area contributed by atoms with Gasteiger partial charge in [-0.1, -0.05) is 74.7 Å². The Balaban J connectivity index is 5.45. The van der Waals surface area contributed by atoms with Gasteiger partial charge in [0, 0.05) is 0 Å². The smallest absolute Gasteiger partial charge is 0.310 e. The van der Waals surface area contributed by atoms with Crippen molar-refractivity contribution in [3.63, 3.8) is 0 Å². The minimum Gasteiger partial charge on any atom is -0.481 e. The molecule has 0 saturated carbocycles. The lowest BCUT2D eigenvalue weighted by Crippen LogP contribution is -2.53. The highest BCUT2D eigenvalue weighted by molar-refractivity contribution is 5.76. The summed E-state index contributed by atoms with van der Waals surface area (Å²) in [5, 5.41) is 9.97. The number of hydrogen-bond acceptors (Lipinski definition) is 1. The van der Waals surface area contributed by atoms with Crippen molar-refractivity contribution in [1.29, 1.82) is 0 Å². The van der Waals surface area contributed by atoms with Crippen LogP contribution in [0.2, 0.25) is 0 Å². The zero-order valence-corrected chi connectivity index (χ0v) is 14.3. The van der Waals surface area contributed by atoms with Crippen LogP contribution in [0.4, 0.5) is 0 Å². The van der Waals surface area contributed by atoms with Gasteiger partial charge in [0.25, 0.3) is 0 Å². The summed E-state index contributed by atoms with van der Waals surface area (Å²) in [6, 6.07) is 0. The van der Waals surface area contributed by atoms with E-state index in [4.69, 9.17) is 0 Å². The molecule has 2 heteroatoms. The third-order valence-corrected chi connectivity index (χ3v) is 4.63. The Morgan fingerprint density at radius 2 is 1.47 bits per heavy atom. The summed E-state index contributed by atoms with van der Waals surface area (Å²) in [7, 11) is 0. The van der Waals surface area contributed by atoms with Crippen molar-refractivity contribution in [2.24, 2.45) is 22.2 Å². The Hall–Kier alpha value is -0.530. The number of unbranched alkanes of at least 4 members (excludes halogenated alkanes) is 1. The SMILES string of the molecule is CCCCC(C)CC(C(=O)O)(C(C)(C)C)C(C)(C)C. The van der Waals surface area contributed by atoms with Crippen molar-refractivity contribution in [1.82, 2.24) is 0 Å². The lowest BCUT2D eigenvalue weighted by atomic mass is 9.51. The van der Waals surface area contributed by atoms with E-state index in [0.29, 0.717) is 5.92 Å². The first kappa shape index (κ1) is 18.5. The quantitative estimate of drug-likeness (QED) is 0.705. The molecule has 1 unspecified atom stereocenters. The number of carboxylic acids is 1. The Morgan fingerprint density at radius 3 is 1.74 bits per heavy atom. The van der Waals surface area contributed by atoms with Crippen LogP contribution in [0.15, 0.2) is 0 Å². The van der Waals surface area contributed by atoms with Crippen LogP contribution in [-0.4, -0.2) is 11.1 Å². The summed E-state index contributed by atoms with van der Waals surface area (Å²) in [6.45, 7) is 16.8.